The van der Waals surface area contributed by atoms with Gasteiger partial charge in [0.1, 0.15) is 48.3 Å². The number of guanidine groups is 4. The van der Waals surface area contributed by atoms with Crippen LogP contribution in [0.5, 0.6) is 0 Å². The standard InChI is InChI=1S/C53H104N22O10/c1-9-29(6)37(55)46(81)71-34(20-15-25-65-51(58)59)42(77)70-36(22-17-27-67-53(62)63)44(79)74-39(30(7)10-2)48(83)73-38(28(4)5)47(82)72-35(21-16-26-66-52(60)61)43(78)69-33(19-14-24-64-50(56)57)41(76)68-32(18-12-13-23-54)45(80)75-40(49(84)85)31(8)11-3/h28-40H,9-27,54-55H2,1-8H3,(H,68,76)(H,69,78)(H,70,77)(H,71,81)(H,72,82)(H,73,83)(H,74,79)(H,75,80)(H,84,85)(H4,56,57,64)(H4,58,59,65)(H4,60,61,66)(H4,62,63,67)/t29-,30-,31-,32-,33-,34-,35-,36-,37-,38-,39-,40-/m0/s1. The smallest absolute Gasteiger partial charge is 0.326 e. The van der Waals surface area contributed by atoms with Crippen molar-refractivity contribution < 1.29 is 48.3 Å². The molecular formula is C53H104N22O10. The number of carboxylic acids is 1. The fraction of sp³-hybridized carbons (Fsp3) is 0.755. The summed E-state index contributed by atoms with van der Waals surface area (Å²) in [6.07, 6.45) is 2.80. The Bertz CT molecular complexity index is 2240. The molecule has 0 rings (SSSR count). The van der Waals surface area contributed by atoms with Crippen LogP contribution in [0.3, 0.4) is 0 Å². The summed E-state index contributed by atoms with van der Waals surface area (Å²) >= 11 is 0. The highest BCUT2D eigenvalue weighted by molar-refractivity contribution is 5.98. The van der Waals surface area contributed by atoms with E-state index in [0.717, 1.165) is 0 Å². The molecule has 0 saturated carbocycles. The van der Waals surface area contributed by atoms with Gasteiger partial charge in [-0.1, -0.05) is 74.7 Å². The predicted octanol–water partition coefficient (Wildman–Crippen LogP) is -4.59. The van der Waals surface area contributed by atoms with Crippen molar-refractivity contribution in [2.75, 3.05) is 32.7 Å². The molecule has 0 unspecified atom stereocenters. The summed E-state index contributed by atoms with van der Waals surface area (Å²) in [7, 11) is 0. The fourth-order valence-electron chi connectivity index (χ4n) is 8.38. The van der Waals surface area contributed by atoms with E-state index in [9.17, 15) is 48.3 Å². The zero-order valence-corrected chi connectivity index (χ0v) is 51.1. The van der Waals surface area contributed by atoms with Crippen molar-refractivity contribution in [1.29, 1.82) is 0 Å². The highest BCUT2D eigenvalue weighted by Crippen LogP contribution is 2.15. The van der Waals surface area contributed by atoms with Crippen molar-refractivity contribution in [3.63, 3.8) is 0 Å². The zero-order chi connectivity index (χ0) is 64.9. The van der Waals surface area contributed by atoms with Gasteiger partial charge in [0.2, 0.25) is 47.3 Å². The van der Waals surface area contributed by atoms with Crippen LogP contribution in [-0.4, -0.2) is 169 Å². The molecule has 0 aliphatic heterocycles. The lowest BCUT2D eigenvalue weighted by molar-refractivity contribution is -0.144. The highest BCUT2D eigenvalue weighted by atomic mass is 16.4. The van der Waals surface area contributed by atoms with E-state index in [1.165, 1.54) is 0 Å². The second-order valence-electron chi connectivity index (χ2n) is 21.6. The Labute approximate surface area is 499 Å². The number of rotatable bonds is 44. The summed E-state index contributed by atoms with van der Waals surface area (Å²) in [6.45, 7) is 14.4. The number of unbranched alkanes of at least 4 members (excludes halogenated alkanes) is 1. The van der Waals surface area contributed by atoms with Crippen molar-refractivity contribution in [3.8, 4) is 0 Å². The molecule has 486 valence electrons. The van der Waals surface area contributed by atoms with Gasteiger partial charge in [-0.15, -0.1) is 0 Å². The van der Waals surface area contributed by atoms with E-state index in [1.54, 1.807) is 48.5 Å². The Balaban J connectivity index is 7.20. The molecule has 0 aliphatic rings. The van der Waals surface area contributed by atoms with Crippen molar-refractivity contribution in [2.45, 2.75) is 200 Å². The maximum absolute atomic E-state index is 14.5. The van der Waals surface area contributed by atoms with E-state index in [4.69, 9.17) is 57.3 Å². The first-order chi connectivity index (χ1) is 39.9. The van der Waals surface area contributed by atoms with Crippen molar-refractivity contribution in [3.05, 3.63) is 0 Å². The number of carbonyl (C=O) groups excluding carboxylic acids is 8. The van der Waals surface area contributed by atoms with Crippen LogP contribution < -0.4 is 99.9 Å². The van der Waals surface area contributed by atoms with E-state index in [2.05, 4.69) is 62.5 Å². The van der Waals surface area contributed by atoms with Crippen LogP contribution >= 0.6 is 0 Å². The predicted molar refractivity (Wildman–Crippen MR) is 327 cm³/mol. The van der Waals surface area contributed by atoms with Crippen LogP contribution in [0.1, 0.15) is 145 Å². The number of aliphatic imine (C=N–C) groups is 4. The number of carboxylic acid groups (broad SMARTS) is 1. The first-order valence-electron chi connectivity index (χ1n) is 29.3. The molecule has 0 radical (unpaired) electrons. The van der Waals surface area contributed by atoms with E-state index >= 15 is 0 Å². The SMILES string of the molecule is CC[C@H](C)[C@H](N)C(=O)N[C@@H](CCCN=C(N)N)C(=O)N[C@@H](CCCN=C(N)N)C(=O)N[C@H](C(=O)N[C@H](C(=O)N[C@@H](CCCN=C(N)N)C(=O)N[C@@H](CCCN=C(N)N)C(=O)N[C@@H](CCCCN)C(=O)N[C@H](C(=O)O)[C@@H](C)CC)C(C)C)[C@@H](C)CC. The van der Waals surface area contributed by atoms with Gasteiger partial charge in [0.15, 0.2) is 23.8 Å². The Hall–Kier alpha value is -7.77. The molecule has 8 amide bonds. The number of amides is 8. The van der Waals surface area contributed by atoms with Crippen molar-refractivity contribution in [1.82, 2.24) is 42.5 Å². The number of carbonyl (C=O) groups is 9. The Morgan fingerprint density at radius 2 is 0.635 bits per heavy atom. The van der Waals surface area contributed by atoms with Gasteiger partial charge in [0, 0.05) is 26.2 Å². The third-order valence-corrected chi connectivity index (χ3v) is 14.3. The minimum atomic E-state index is -1.40. The summed E-state index contributed by atoms with van der Waals surface area (Å²) in [5, 5.41) is 31.4. The molecule has 0 spiro atoms. The molecule has 0 aromatic carbocycles. The maximum Gasteiger partial charge on any atom is 0.326 e. The molecule has 0 saturated heterocycles. The summed E-state index contributed by atoms with van der Waals surface area (Å²) < 4.78 is 0. The van der Waals surface area contributed by atoms with Gasteiger partial charge in [0.25, 0.3) is 0 Å². The molecule has 85 heavy (non-hydrogen) atoms. The number of aliphatic carboxylic acids is 1. The quantitative estimate of drug-likeness (QED) is 0.0155. The number of hydrogen-bond donors (Lipinski definition) is 19. The molecule has 0 aromatic rings. The largest absolute Gasteiger partial charge is 0.480 e. The normalized spacial score (nSPS) is 15.3. The molecule has 32 nitrogen and oxygen atoms in total. The van der Waals surface area contributed by atoms with Gasteiger partial charge in [-0.3, -0.25) is 58.3 Å². The van der Waals surface area contributed by atoms with Gasteiger partial charge >= 0.3 is 5.97 Å². The number of nitrogens with zero attached hydrogens (tertiary/aromatic N) is 4. The topological polar surface area (TPSA) is 580 Å². The van der Waals surface area contributed by atoms with Gasteiger partial charge in [-0.2, -0.15) is 0 Å². The van der Waals surface area contributed by atoms with Crippen LogP contribution in [0.4, 0.5) is 0 Å². The fourth-order valence-corrected chi connectivity index (χ4v) is 8.38. The Morgan fingerprint density at radius 1 is 0.365 bits per heavy atom. The third-order valence-electron chi connectivity index (χ3n) is 14.3. The van der Waals surface area contributed by atoms with E-state index in [1.807, 2.05) is 6.92 Å². The van der Waals surface area contributed by atoms with Crippen molar-refractivity contribution >= 4 is 77.1 Å². The van der Waals surface area contributed by atoms with Gasteiger partial charge in [-0.25, -0.2) is 4.79 Å². The summed E-state index contributed by atoms with van der Waals surface area (Å²) in [6, 6.07) is -11.4. The Morgan fingerprint density at radius 3 is 0.941 bits per heavy atom. The molecule has 12 atom stereocenters. The molecule has 0 fully saturated rings. The second kappa shape index (κ2) is 42.1. The van der Waals surface area contributed by atoms with Gasteiger partial charge in [-0.05, 0) is 101 Å². The summed E-state index contributed by atoms with van der Waals surface area (Å²) in [5.74, 6) is -10.2. The van der Waals surface area contributed by atoms with E-state index < -0.39 is 125 Å². The van der Waals surface area contributed by atoms with E-state index in [0.29, 0.717) is 32.1 Å². The molecule has 0 bridgehead atoms. The minimum absolute atomic E-state index is 0.0233. The number of hydrogen-bond acceptors (Lipinski definition) is 15. The van der Waals surface area contributed by atoms with Crippen molar-refractivity contribution in [2.24, 2.45) is 101 Å². The maximum atomic E-state index is 14.5. The first kappa shape index (κ1) is 77.2. The lowest BCUT2D eigenvalue weighted by Crippen LogP contribution is -2.62. The molecule has 0 heterocycles. The van der Waals surface area contributed by atoms with Crippen LogP contribution in [0.15, 0.2) is 20.0 Å². The summed E-state index contributed by atoms with van der Waals surface area (Å²) in [4.78, 5) is 141. The Kier molecular flexibility index (Phi) is 38.3. The highest BCUT2D eigenvalue weighted by Gasteiger charge is 2.37. The number of nitrogens with two attached hydrogens (primary N) is 10. The monoisotopic (exact) mass is 1210 g/mol. The molecule has 29 N–H and O–H groups in total. The number of nitrogens with one attached hydrogen (secondary N) is 8. The average Bonchev–Trinajstić information content (AvgIpc) is 3.47. The third kappa shape index (κ3) is 31.6. The van der Waals surface area contributed by atoms with E-state index in [-0.39, 0.29) is 120 Å². The lowest BCUT2D eigenvalue weighted by atomic mass is 9.95. The molecule has 0 aliphatic carbocycles. The minimum Gasteiger partial charge on any atom is -0.480 e. The molecular weight excluding hydrogens is 1100 g/mol. The van der Waals surface area contributed by atoms with Crippen LogP contribution in [0.25, 0.3) is 0 Å². The lowest BCUT2D eigenvalue weighted by Gasteiger charge is -2.31. The van der Waals surface area contributed by atoms with Crippen LogP contribution in [0, 0.1) is 23.7 Å². The van der Waals surface area contributed by atoms with Crippen LogP contribution in [0.2, 0.25) is 0 Å². The molecule has 0 aromatic heterocycles. The van der Waals surface area contributed by atoms with Crippen LogP contribution in [-0.2, 0) is 43.2 Å². The zero-order valence-electron chi connectivity index (χ0n) is 51.1. The first-order valence-corrected chi connectivity index (χ1v) is 29.3. The average molecular weight is 1210 g/mol. The van der Waals surface area contributed by atoms with Gasteiger partial charge in [0.05, 0.1) is 6.04 Å². The molecule has 32 heteroatoms. The summed E-state index contributed by atoms with van der Waals surface area (Å²) in [5.41, 5.74) is 56.2. The second-order valence-corrected chi connectivity index (χ2v) is 21.6. The van der Waals surface area contributed by atoms with Gasteiger partial charge < -0.3 is 105 Å².